The Hall–Kier alpha value is -0.610. The Morgan fingerprint density at radius 3 is 2.79 bits per heavy atom. The molecule has 1 fully saturated rings. The van der Waals surface area contributed by atoms with E-state index in [0.29, 0.717) is 12.8 Å². The summed E-state index contributed by atoms with van der Waals surface area (Å²) in [6.45, 7) is 0.0736. The first kappa shape index (κ1) is 11.5. The number of hydrogen-bond acceptors (Lipinski definition) is 3. The average molecular weight is 200 g/mol. The van der Waals surface area contributed by atoms with Crippen molar-refractivity contribution in [1.29, 1.82) is 0 Å². The molecule has 14 heavy (non-hydrogen) atoms. The summed E-state index contributed by atoms with van der Waals surface area (Å²) in [6, 6.07) is 0.261. The van der Waals surface area contributed by atoms with E-state index < -0.39 is 0 Å². The second-order valence-electron chi connectivity index (χ2n) is 3.95. The molecule has 0 heterocycles. The fourth-order valence-corrected chi connectivity index (χ4v) is 1.86. The number of carbonyl (C=O) groups excluding carboxylic acids is 1. The largest absolute Gasteiger partial charge is 0.396 e. The van der Waals surface area contributed by atoms with Crippen molar-refractivity contribution in [2.75, 3.05) is 6.61 Å². The monoisotopic (exact) mass is 200 g/mol. The van der Waals surface area contributed by atoms with Crippen LogP contribution in [0.3, 0.4) is 0 Å². The Balaban J connectivity index is 2.23. The standard InChI is InChI=1S/C10H20N2O2/c11-8-4-1-2-5-9(8)12-10(14)6-3-7-13/h8-9,13H,1-7,11H2,(H,12,14). The van der Waals surface area contributed by atoms with Crippen molar-refractivity contribution >= 4 is 5.91 Å². The van der Waals surface area contributed by atoms with E-state index in [-0.39, 0.29) is 24.6 Å². The SMILES string of the molecule is NC1CCCCC1NC(=O)CCCO. The van der Waals surface area contributed by atoms with Gasteiger partial charge in [-0.1, -0.05) is 12.8 Å². The quantitative estimate of drug-likeness (QED) is 0.604. The summed E-state index contributed by atoms with van der Waals surface area (Å²) in [5.41, 5.74) is 5.89. The zero-order valence-electron chi connectivity index (χ0n) is 8.54. The van der Waals surface area contributed by atoms with Gasteiger partial charge in [0.2, 0.25) is 5.91 Å². The normalized spacial score (nSPS) is 27.3. The van der Waals surface area contributed by atoms with Crippen LogP contribution in [0.2, 0.25) is 0 Å². The summed E-state index contributed by atoms with van der Waals surface area (Å²) in [5.74, 6) is 0.0152. The molecule has 0 aromatic carbocycles. The Morgan fingerprint density at radius 2 is 2.14 bits per heavy atom. The molecule has 1 aliphatic rings. The first-order valence-electron chi connectivity index (χ1n) is 5.40. The predicted octanol–water partition coefficient (Wildman–Crippen LogP) is 0.145. The van der Waals surface area contributed by atoms with Crippen LogP contribution in [0.5, 0.6) is 0 Å². The molecule has 1 saturated carbocycles. The Labute approximate surface area is 84.9 Å². The van der Waals surface area contributed by atoms with Gasteiger partial charge in [-0.05, 0) is 19.3 Å². The molecule has 0 aromatic heterocycles. The number of nitrogens with one attached hydrogen (secondary N) is 1. The molecule has 0 saturated heterocycles. The molecule has 1 amide bonds. The highest BCUT2D eigenvalue weighted by atomic mass is 16.3. The van der Waals surface area contributed by atoms with Gasteiger partial charge in [0, 0.05) is 25.1 Å². The minimum atomic E-state index is 0.0152. The molecular weight excluding hydrogens is 180 g/mol. The lowest BCUT2D eigenvalue weighted by atomic mass is 9.91. The molecule has 1 aliphatic carbocycles. The zero-order chi connectivity index (χ0) is 10.4. The number of hydrogen-bond donors (Lipinski definition) is 3. The molecule has 0 aromatic rings. The van der Waals surface area contributed by atoms with Gasteiger partial charge >= 0.3 is 0 Å². The van der Waals surface area contributed by atoms with Gasteiger partial charge in [0.15, 0.2) is 0 Å². The minimum Gasteiger partial charge on any atom is -0.396 e. The van der Waals surface area contributed by atoms with E-state index in [0.717, 1.165) is 19.3 Å². The molecule has 0 radical (unpaired) electrons. The fraction of sp³-hybridized carbons (Fsp3) is 0.900. The van der Waals surface area contributed by atoms with Gasteiger partial charge in [-0.2, -0.15) is 0 Å². The lowest BCUT2D eigenvalue weighted by Gasteiger charge is -2.29. The molecule has 82 valence electrons. The van der Waals surface area contributed by atoms with Gasteiger partial charge in [-0.25, -0.2) is 0 Å². The topological polar surface area (TPSA) is 75.3 Å². The van der Waals surface area contributed by atoms with Crippen molar-refractivity contribution in [1.82, 2.24) is 5.32 Å². The van der Waals surface area contributed by atoms with Gasteiger partial charge < -0.3 is 16.2 Å². The van der Waals surface area contributed by atoms with Gasteiger partial charge in [-0.3, -0.25) is 4.79 Å². The molecule has 4 N–H and O–H groups in total. The Kier molecular flexibility index (Phi) is 4.90. The van der Waals surface area contributed by atoms with Crippen LogP contribution in [0.4, 0.5) is 0 Å². The molecule has 1 rings (SSSR count). The Bertz CT molecular complexity index is 185. The zero-order valence-corrected chi connectivity index (χ0v) is 8.54. The summed E-state index contributed by atoms with van der Waals surface area (Å²) in [7, 11) is 0. The number of nitrogens with two attached hydrogens (primary N) is 1. The van der Waals surface area contributed by atoms with E-state index in [1.54, 1.807) is 0 Å². The van der Waals surface area contributed by atoms with Gasteiger partial charge in [0.05, 0.1) is 0 Å². The summed E-state index contributed by atoms with van der Waals surface area (Å²) in [6.07, 6.45) is 5.26. The van der Waals surface area contributed by atoms with Crippen molar-refractivity contribution in [2.24, 2.45) is 5.73 Å². The van der Waals surface area contributed by atoms with E-state index in [4.69, 9.17) is 10.8 Å². The summed E-state index contributed by atoms with van der Waals surface area (Å²) < 4.78 is 0. The second-order valence-corrected chi connectivity index (χ2v) is 3.95. The van der Waals surface area contributed by atoms with Crippen molar-refractivity contribution in [3.05, 3.63) is 0 Å². The highest BCUT2D eigenvalue weighted by molar-refractivity contribution is 5.76. The second kappa shape index (κ2) is 5.98. The first-order valence-corrected chi connectivity index (χ1v) is 5.40. The number of rotatable bonds is 4. The van der Waals surface area contributed by atoms with Crippen LogP contribution in [-0.2, 0) is 4.79 Å². The molecule has 2 unspecified atom stereocenters. The average Bonchev–Trinajstić information content (AvgIpc) is 2.18. The fourth-order valence-electron chi connectivity index (χ4n) is 1.86. The van der Waals surface area contributed by atoms with Crippen LogP contribution >= 0.6 is 0 Å². The number of aliphatic hydroxyl groups excluding tert-OH is 1. The molecule has 0 bridgehead atoms. The maximum Gasteiger partial charge on any atom is 0.220 e. The van der Waals surface area contributed by atoms with Crippen LogP contribution < -0.4 is 11.1 Å². The highest BCUT2D eigenvalue weighted by Gasteiger charge is 2.22. The van der Waals surface area contributed by atoms with Crippen LogP contribution in [-0.4, -0.2) is 29.7 Å². The minimum absolute atomic E-state index is 0.0152. The van der Waals surface area contributed by atoms with Crippen molar-refractivity contribution in [3.63, 3.8) is 0 Å². The highest BCUT2D eigenvalue weighted by Crippen LogP contribution is 2.16. The van der Waals surface area contributed by atoms with Crippen LogP contribution in [0.15, 0.2) is 0 Å². The van der Waals surface area contributed by atoms with E-state index in [9.17, 15) is 4.79 Å². The molecule has 2 atom stereocenters. The smallest absolute Gasteiger partial charge is 0.220 e. The van der Waals surface area contributed by atoms with Gasteiger partial charge in [0.25, 0.3) is 0 Å². The molecule has 4 heteroatoms. The summed E-state index contributed by atoms with van der Waals surface area (Å²) >= 11 is 0. The van der Waals surface area contributed by atoms with Crippen molar-refractivity contribution in [3.8, 4) is 0 Å². The molecule has 4 nitrogen and oxygen atoms in total. The summed E-state index contributed by atoms with van der Waals surface area (Å²) in [4.78, 5) is 11.3. The third-order valence-electron chi connectivity index (χ3n) is 2.73. The third kappa shape index (κ3) is 3.64. The lowest BCUT2D eigenvalue weighted by Crippen LogP contribution is -2.49. The van der Waals surface area contributed by atoms with Crippen LogP contribution in [0.25, 0.3) is 0 Å². The van der Waals surface area contributed by atoms with Gasteiger partial charge in [0.1, 0.15) is 0 Å². The molecule has 0 aliphatic heterocycles. The molecular formula is C10H20N2O2. The predicted molar refractivity (Wildman–Crippen MR) is 54.7 cm³/mol. The van der Waals surface area contributed by atoms with Gasteiger partial charge in [-0.15, -0.1) is 0 Å². The maximum atomic E-state index is 11.3. The van der Waals surface area contributed by atoms with E-state index in [2.05, 4.69) is 5.32 Å². The third-order valence-corrected chi connectivity index (χ3v) is 2.73. The summed E-state index contributed by atoms with van der Waals surface area (Å²) in [5, 5.41) is 11.5. The number of carbonyl (C=O) groups is 1. The van der Waals surface area contributed by atoms with Crippen LogP contribution in [0, 0.1) is 0 Å². The van der Waals surface area contributed by atoms with E-state index in [1.165, 1.54) is 6.42 Å². The van der Waals surface area contributed by atoms with Crippen molar-refractivity contribution < 1.29 is 9.90 Å². The van der Waals surface area contributed by atoms with E-state index in [1.807, 2.05) is 0 Å². The lowest BCUT2D eigenvalue weighted by molar-refractivity contribution is -0.122. The number of amides is 1. The maximum absolute atomic E-state index is 11.3. The molecule has 0 spiro atoms. The van der Waals surface area contributed by atoms with E-state index >= 15 is 0 Å². The Morgan fingerprint density at radius 1 is 1.43 bits per heavy atom. The first-order chi connectivity index (χ1) is 6.74. The van der Waals surface area contributed by atoms with Crippen LogP contribution in [0.1, 0.15) is 38.5 Å². The number of aliphatic hydroxyl groups is 1. The van der Waals surface area contributed by atoms with Crippen molar-refractivity contribution in [2.45, 2.75) is 50.6 Å².